The van der Waals surface area contributed by atoms with E-state index in [4.69, 9.17) is 0 Å². The number of nitrogens with one attached hydrogen (secondary N) is 1. The molecule has 0 amide bonds. The molecule has 0 aliphatic heterocycles. The third-order valence-electron chi connectivity index (χ3n) is 4.55. The molecule has 2 aliphatic rings. The van der Waals surface area contributed by atoms with Crippen LogP contribution in [0.25, 0.3) is 5.70 Å². The first kappa shape index (κ1) is 14.2. The summed E-state index contributed by atoms with van der Waals surface area (Å²) in [6.07, 6.45) is 12.9. The molecule has 0 saturated carbocycles. The minimum absolute atomic E-state index is 0.565. The molecule has 1 heteroatoms. The van der Waals surface area contributed by atoms with E-state index in [0.29, 0.717) is 6.04 Å². The first-order chi connectivity index (χ1) is 10.3. The Morgan fingerprint density at radius 2 is 2.14 bits per heavy atom. The van der Waals surface area contributed by atoms with Gasteiger partial charge in [-0.2, -0.15) is 0 Å². The van der Waals surface area contributed by atoms with Gasteiger partial charge in [-0.25, -0.2) is 0 Å². The Bertz CT molecular complexity index is 604. The number of aryl methyl sites for hydroxylation is 1. The summed E-state index contributed by atoms with van der Waals surface area (Å²) < 4.78 is 0. The molecule has 110 valence electrons. The smallest absolute Gasteiger partial charge is 0.0378 e. The van der Waals surface area contributed by atoms with Crippen molar-refractivity contribution < 1.29 is 0 Å². The van der Waals surface area contributed by atoms with E-state index in [-0.39, 0.29) is 0 Å². The summed E-state index contributed by atoms with van der Waals surface area (Å²) in [5, 5.41) is 3.82. The van der Waals surface area contributed by atoms with Crippen LogP contribution in [-0.2, 0) is 0 Å². The van der Waals surface area contributed by atoms with Crippen molar-refractivity contribution in [2.24, 2.45) is 0 Å². The minimum atomic E-state index is 0.565. The fraction of sp³-hybridized carbons (Fsp3) is 0.400. The summed E-state index contributed by atoms with van der Waals surface area (Å²) in [4.78, 5) is 0. The van der Waals surface area contributed by atoms with Crippen LogP contribution in [0.3, 0.4) is 0 Å². The standard InChI is InChI=1S/C20H25N/c1-3-8-20(19-12-7-4-9-15(19)2)21-18-13-16-10-5-6-11-17(16)14-18/h4-5,7-10,12,18,21H,3,6,11,13-14H2,1-2H3. The maximum Gasteiger partial charge on any atom is 0.0378 e. The van der Waals surface area contributed by atoms with Gasteiger partial charge in [0.2, 0.25) is 0 Å². The van der Waals surface area contributed by atoms with Gasteiger partial charge in [-0.05, 0) is 50.2 Å². The maximum absolute atomic E-state index is 3.82. The first-order valence-corrected chi connectivity index (χ1v) is 8.18. The van der Waals surface area contributed by atoms with E-state index in [0.717, 1.165) is 6.42 Å². The molecule has 1 aromatic carbocycles. The second-order valence-corrected chi connectivity index (χ2v) is 6.16. The van der Waals surface area contributed by atoms with E-state index in [1.54, 1.807) is 11.1 Å². The molecule has 0 heterocycles. The van der Waals surface area contributed by atoms with Crippen LogP contribution in [0.5, 0.6) is 0 Å². The second-order valence-electron chi connectivity index (χ2n) is 6.16. The fourth-order valence-corrected chi connectivity index (χ4v) is 3.49. The Balaban J connectivity index is 1.75. The predicted octanol–water partition coefficient (Wildman–Crippen LogP) is 5.14. The average Bonchev–Trinajstić information content (AvgIpc) is 2.89. The van der Waals surface area contributed by atoms with Crippen molar-refractivity contribution in [3.05, 3.63) is 64.8 Å². The van der Waals surface area contributed by atoms with E-state index >= 15 is 0 Å². The molecular formula is C20H25N. The van der Waals surface area contributed by atoms with Crippen LogP contribution in [0, 0.1) is 6.92 Å². The van der Waals surface area contributed by atoms with E-state index < -0.39 is 0 Å². The van der Waals surface area contributed by atoms with Crippen molar-refractivity contribution >= 4 is 5.70 Å². The number of benzene rings is 1. The molecule has 0 spiro atoms. The number of rotatable bonds is 4. The molecule has 1 aromatic rings. The van der Waals surface area contributed by atoms with Crippen LogP contribution in [-0.4, -0.2) is 6.04 Å². The topological polar surface area (TPSA) is 12.0 Å². The van der Waals surface area contributed by atoms with Gasteiger partial charge in [-0.3, -0.25) is 0 Å². The van der Waals surface area contributed by atoms with Crippen LogP contribution in [0.4, 0.5) is 0 Å². The molecule has 1 nitrogen and oxygen atoms in total. The molecule has 1 unspecified atom stereocenters. The quantitative estimate of drug-likeness (QED) is 0.804. The van der Waals surface area contributed by atoms with E-state index in [1.807, 2.05) is 0 Å². The van der Waals surface area contributed by atoms with Crippen molar-refractivity contribution in [1.29, 1.82) is 0 Å². The lowest BCUT2D eigenvalue weighted by Crippen LogP contribution is -2.25. The van der Waals surface area contributed by atoms with Crippen LogP contribution in [0.15, 0.2) is 53.6 Å². The Hall–Kier alpha value is -1.76. The molecule has 2 aliphatic carbocycles. The Morgan fingerprint density at radius 1 is 1.29 bits per heavy atom. The molecule has 0 fully saturated rings. The monoisotopic (exact) mass is 279 g/mol. The zero-order valence-electron chi connectivity index (χ0n) is 13.2. The largest absolute Gasteiger partial charge is 0.381 e. The molecule has 0 bridgehead atoms. The van der Waals surface area contributed by atoms with Gasteiger partial charge in [0.05, 0.1) is 0 Å². The van der Waals surface area contributed by atoms with Gasteiger partial charge in [0.15, 0.2) is 0 Å². The van der Waals surface area contributed by atoms with Gasteiger partial charge in [0.25, 0.3) is 0 Å². The normalized spacial score (nSPS) is 21.6. The van der Waals surface area contributed by atoms with E-state index in [2.05, 4.69) is 61.7 Å². The molecule has 1 atom stereocenters. The lowest BCUT2D eigenvalue weighted by Gasteiger charge is -2.19. The van der Waals surface area contributed by atoms with Crippen LogP contribution in [0.1, 0.15) is 50.2 Å². The summed E-state index contributed by atoms with van der Waals surface area (Å²) in [6, 6.07) is 9.24. The third kappa shape index (κ3) is 3.12. The van der Waals surface area contributed by atoms with E-state index in [9.17, 15) is 0 Å². The number of hydrogen-bond donors (Lipinski definition) is 1. The van der Waals surface area contributed by atoms with Crippen molar-refractivity contribution in [3.8, 4) is 0 Å². The highest BCUT2D eigenvalue weighted by Crippen LogP contribution is 2.34. The molecule has 0 saturated heterocycles. The summed E-state index contributed by atoms with van der Waals surface area (Å²) >= 11 is 0. The molecular weight excluding hydrogens is 254 g/mol. The maximum atomic E-state index is 3.82. The van der Waals surface area contributed by atoms with Crippen LogP contribution in [0.2, 0.25) is 0 Å². The average molecular weight is 279 g/mol. The molecule has 21 heavy (non-hydrogen) atoms. The Morgan fingerprint density at radius 3 is 2.90 bits per heavy atom. The zero-order valence-corrected chi connectivity index (χ0v) is 13.2. The van der Waals surface area contributed by atoms with Gasteiger partial charge in [-0.1, -0.05) is 55.0 Å². The van der Waals surface area contributed by atoms with Crippen LogP contribution >= 0.6 is 0 Å². The summed E-state index contributed by atoms with van der Waals surface area (Å²) in [6.45, 7) is 4.40. The second kappa shape index (κ2) is 6.34. The van der Waals surface area contributed by atoms with Gasteiger partial charge < -0.3 is 5.32 Å². The SMILES string of the molecule is CCC=C(NC1CC2=C(CCC=C2)C1)c1ccccc1C. The van der Waals surface area contributed by atoms with Gasteiger partial charge >= 0.3 is 0 Å². The summed E-state index contributed by atoms with van der Waals surface area (Å²) in [5.74, 6) is 0. The van der Waals surface area contributed by atoms with Gasteiger partial charge in [0.1, 0.15) is 0 Å². The molecule has 1 N–H and O–H groups in total. The number of hydrogen-bond acceptors (Lipinski definition) is 1. The van der Waals surface area contributed by atoms with Gasteiger partial charge in [0, 0.05) is 17.3 Å². The predicted molar refractivity (Wildman–Crippen MR) is 91.0 cm³/mol. The minimum Gasteiger partial charge on any atom is -0.381 e. The van der Waals surface area contributed by atoms with Crippen molar-refractivity contribution in [3.63, 3.8) is 0 Å². The number of allylic oxidation sites excluding steroid dienone is 3. The fourth-order valence-electron chi connectivity index (χ4n) is 3.49. The Labute approximate surface area is 128 Å². The van der Waals surface area contributed by atoms with Crippen molar-refractivity contribution in [2.75, 3.05) is 0 Å². The zero-order chi connectivity index (χ0) is 14.7. The molecule has 0 radical (unpaired) electrons. The first-order valence-electron chi connectivity index (χ1n) is 8.18. The lowest BCUT2D eigenvalue weighted by molar-refractivity contribution is 0.622. The molecule has 0 aromatic heterocycles. The highest BCUT2D eigenvalue weighted by Gasteiger charge is 2.24. The lowest BCUT2D eigenvalue weighted by atomic mass is 10.0. The highest BCUT2D eigenvalue weighted by atomic mass is 14.9. The Kier molecular flexibility index (Phi) is 4.28. The molecule has 3 rings (SSSR count). The summed E-state index contributed by atoms with van der Waals surface area (Å²) in [7, 11) is 0. The van der Waals surface area contributed by atoms with Crippen molar-refractivity contribution in [2.45, 2.75) is 52.0 Å². The van der Waals surface area contributed by atoms with Crippen LogP contribution < -0.4 is 5.32 Å². The summed E-state index contributed by atoms with van der Waals surface area (Å²) in [5.41, 5.74) is 7.26. The van der Waals surface area contributed by atoms with Crippen molar-refractivity contribution in [1.82, 2.24) is 5.32 Å². The van der Waals surface area contributed by atoms with Gasteiger partial charge in [-0.15, -0.1) is 0 Å². The van der Waals surface area contributed by atoms with E-state index in [1.165, 1.54) is 42.5 Å². The highest BCUT2D eigenvalue weighted by molar-refractivity contribution is 5.67. The third-order valence-corrected chi connectivity index (χ3v) is 4.55.